The lowest BCUT2D eigenvalue weighted by molar-refractivity contribution is -0.158. The van der Waals surface area contributed by atoms with Gasteiger partial charge >= 0.3 is 6.30 Å². The summed E-state index contributed by atoms with van der Waals surface area (Å²) in [6, 6.07) is 0.682. The molecule has 1 aliphatic heterocycles. The van der Waals surface area contributed by atoms with E-state index in [1.807, 2.05) is 0 Å². The molecule has 0 aromatic carbocycles. The molecule has 0 amide bonds. The predicted octanol–water partition coefficient (Wildman–Crippen LogP) is 1.72. The van der Waals surface area contributed by atoms with Crippen LogP contribution in [0.25, 0.3) is 0 Å². The highest BCUT2D eigenvalue weighted by molar-refractivity contribution is 4.92. The Bertz CT molecular complexity index is 201. The van der Waals surface area contributed by atoms with Crippen molar-refractivity contribution in [1.82, 2.24) is 10.2 Å². The van der Waals surface area contributed by atoms with Gasteiger partial charge in [0.05, 0.1) is 0 Å². The van der Waals surface area contributed by atoms with E-state index in [0.29, 0.717) is 6.04 Å². The minimum Gasteiger partial charge on any atom is -0.296 e. The van der Waals surface area contributed by atoms with Crippen LogP contribution in [0.15, 0.2) is 0 Å². The molecule has 2 nitrogen and oxygen atoms in total. The van der Waals surface area contributed by atoms with Gasteiger partial charge < -0.3 is 0 Å². The summed E-state index contributed by atoms with van der Waals surface area (Å²) in [5.41, 5.74) is 0. The number of rotatable bonds is 3. The molecule has 0 spiro atoms. The molecular weight excluding hydrogens is 193 g/mol. The van der Waals surface area contributed by atoms with Gasteiger partial charge in [-0.1, -0.05) is 0 Å². The molecule has 82 valence electrons. The molecule has 1 saturated carbocycles. The molecule has 14 heavy (non-hydrogen) atoms. The summed E-state index contributed by atoms with van der Waals surface area (Å²) in [6.45, 7) is 1.04. The maximum atomic E-state index is 11.9. The van der Waals surface area contributed by atoms with Crippen LogP contribution >= 0.6 is 0 Å². The van der Waals surface area contributed by atoms with Gasteiger partial charge in [0, 0.05) is 18.6 Å². The molecule has 0 bridgehead atoms. The summed E-state index contributed by atoms with van der Waals surface area (Å²) in [6.07, 6.45) is 0.0587. The Kier molecular flexibility index (Phi) is 2.70. The van der Waals surface area contributed by atoms with Gasteiger partial charge in [0.1, 0.15) is 0 Å². The van der Waals surface area contributed by atoms with Gasteiger partial charge in [-0.15, -0.1) is 0 Å². The number of hydrogen-bond donors (Lipinski definition) is 1. The Morgan fingerprint density at radius 1 is 1.21 bits per heavy atom. The highest BCUT2D eigenvalue weighted by Gasteiger charge is 2.38. The van der Waals surface area contributed by atoms with Crippen molar-refractivity contribution in [3.8, 4) is 0 Å². The van der Waals surface area contributed by atoms with E-state index in [1.165, 1.54) is 12.8 Å². The molecule has 0 radical (unpaired) electrons. The van der Waals surface area contributed by atoms with Crippen LogP contribution in [0, 0.1) is 0 Å². The molecule has 1 aliphatic carbocycles. The lowest BCUT2D eigenvalue weighted by Gasteiger charge is -2.24. The van der Waals surface area contributed by atoms with E-state index >= 15 is 0 Å². The first-order chi connectivity index (χ1) is 6.56. The minimum atomic E-state index is -4.22. The zero-order chi connectivity index (χ0) is 10.2. The molecule has 2 aliphatic rings. The lowest BCUT2D eigenvalue weighted by atomic mass is 10.2. The van der Waals surface area contributed by atoms with Crippen LogP contribution in [0.5, 0.6) is 0 Å². The van der Waals surface area contributed by atoms with E-state index in [1.54, 1.807) is 5.32 Å². The molecular formula is C9H15F3N2. The fraction of sp³-hybridized carbons (Fsp3) is 1.00. The van der Waals surface area contributed by atoms with Gasteiger partial charge in [0.25, 0.3) is 0 Å². The number of halogens is 3. The first kappa shape index (κ1) is 10.2. The Morgan fingerprint density at radius 2 is 1.93 bits per heavy atom. The average molecular weight is 208 g/mol. The van der Waals surface area contributed by atoms with Crippen LogP contribution in [-0.4, -0.2) is 36.4 Å². The van der Waals surface area contributed by atoms with Crippen LogP contribution in [-0.2, 0) is 0 Å². The van der Waals surface area contributed by atoms with Crippen molar-refractivity contribution in [3.05, 3.63) is 0 Å². The van der Waals surface area contributed by atoms with Crippen LogP contribution in [0.1, 0.15) is 25.7 Å². The van der Waals surface area contributed by atoms with Crippen molar-refractivity contribution >= 4 is 0 Å². The largest absolute Gasteiger partial charge is 0.457 e. The van der Waals surface area contributed by atoms with Crippen LogP contribution in [0.3, 0.4) is 0 Å². The summed E-state index contributed by atoms with van der Waals surface area (Å²) in [5.74, 6) is 0. The molecule has 0 unspecified atom stereocenters. The first-order valence-corrected chi connectivity index (χ1v) is 5.14. The Labute approximate surface area is 81.5 Å². The van der Waals surface area contributed by atoms with Crippen molar-refractivity contribution in [1.29, 1.82) is 0 Å². The monoisotopic (exact) mass is 208 g/mol. The highest BCUT2D eigenvalue weighted by Crippen LogP contribution is 2.33. The van der Waals surface area contributed by atoms with Crippen molar-refractivity contribution in [2.45, 2.75) is 44.1 Å². The molecule has 0 aromatic heterocycles. The van der Waals surface area contributed by atoms with E-state index in [0.717, 1.165) is 19.4 Å². The molecule has 1 atom stereocenters. The van der Waals surface area contributed by atoms with Gasteiger partial charge in [-0.2, -0.15) is 13.2 Å². The molecule has 2 rings (SSSR count). The van der Waals surface area contributed by atoms with Gasteiger partial charge in [0.15, 0.2) is 0 Å². The molecule has 2 fully saturated rings. The third-order valence-corrected chi connectivity index (χ3v) is 2.98. The Balaban J connectivity index is 1.78. The number of hydrogen-bond acceptors (Lipinski definition) is 2. The van der Waals surface area contributed by atoms with Crippen molar-refractivity contribution < 1.29 is 13.2 Å². The van der Waals surface area contributed by atoms with Crippen molar-refractivity contribution in [3.63, 3.8) is 0 Å². The van der Waals surface area contributed by atoms with Gasteiger partial charge in [-0.05, 0) is 32.2 Å². The summed E-state index contributed by atoms with van der Waals surface area (Å²) in [4.78, 5) is 2.23. The molecule has 0 aromatic rings. The van der Waals surface area contributed by atoms with Crippen molar-refractivity contribution in [2.75, 3.05) is 13.1 Å². The maximum Gasteiger partial charge on any atom is 0.457 e. The first-order valence-electron chi connectivity index (χ1n) is 5.14. The zero-order valence-electron chi connectivity index (χ0n) is 7.98. The van der Waals surface area contributed by atoms with E-state index in [4.69, 9.17) is 0 Å². The van der Waals surface area contributed by atoms with Gasteiger partial charge in [0.2, 0.25) is 0 Å². The van der Waals surface area contributed by atoms with E-state index in [2.05, 4.69) is 4.90 Å². The highest BCUT2D eigenvalue weighted by atomic mass is 19.4. The third kappa shape index (κ3) is 2.60. The zero-order valence-corrected chi connectivity index (χ0v) is 7.98. The molecule has 1 heterocycles. The second-order valence-corrected chi connectivity index (χ2v) is 4.14. The van der Waals surface area contributed by atoms with E-state index in [-0.39, 0.29) is 12.6 Å². The quantitative estimate of drug-likeness (QED) is 0.710. The fourth-order valence-corrected chi connectivity index (χ4v) is 2.20. The predicted molar refractivity (Wildman–Crippen MR) is 46.8 cm³/mol. The summed E-state index contributed by atoms with van der Waals surface area (Å²) < 4.78 is 35.8. The second-order valence-electron chi connectivity index (χ2n) is 4.14. The lowest BCUT2D eigenvalue weighted by Crippen LogP contribution is -2.44. The number of nitrogens with one attached hydrogen (secondary N) is 1. The number of alkyl halides is 3. The summed E-state index contributed by atoms with van der Waals surface area (Å²) in [7, 11) is 0. The Hall–Kier alpha value is -0.290. The van der Waals surface area contributed by atoms with Gasteiger partial charge in [-0.25, -0.2) is 5.32 Å². The SMILES string of the molecule is FC(F)(F)NC[C@H]1CCCN1C1CC1. The average Bonchev–Trinajstić information content (AvgIpc) is 2.81. The smallest absolute Gasteiger partial charge is 0.296 e. The fourth-order valence-electron chi connectivity index (χ4n) is 2.20. The van der Waals surface area contributed by atoms with E-state index < -0.39 is 6.30 Å². The molecule has 1 saturated heterocycles. The Morgan fingerprint density at radius 3 is 2.50 bits per heavy atom. The van der Waals surface area contributed by atoms with Crippen LogP contribution in [0.2, 0.25) is 0 Å². The minimum absolute atomic E-state index is 0.0556. The molecule has 1 N–H and O–H groups in total. The summed E-state index contributed by atoms with van der Waals surface area (Å²) >= 11 is 0. The van der Waals surface area contributed by atoms with Gasteiger partial charge in [-0.3, -0.25) is 4.90 Å². The van der Waals surface area contributed by atoms with E-state index in [9.17, 15) is 13.2 Å². The normalized spacial score (nSPS) is 29.8. The topological polar surface area (TPSA) is 15.3 Å². The standard InChI is InChI=1S/C9H15F3N2/c10-9(11,12)13-6-8-2-1-5-14(8)7-3-4-7/h7-8,13H,1-6H2/t8-/m1/s1. The number of nitrogens with zero attached hydrogens (tertiary/aromatic N) is 1. The molecule has 5 heteroatoms. The number of likely N-dealkylation sites (tertiary alicyclic amines) is 1. The van der Waals surface area contributed by atoms with Crippen molar-refractivity contribution in [2.24, 2.45) is 0 Å². The maximum absolute atomic E-state index is 11.9. The second kappa shape index (κ2) is 3.70. The van der Waals surface area contributed by atoms with Crippen LogP contribution < -0.4 is 5.32 Å². The van der Waals surface area contributed by atoms with Crippen LogP contribution in [0.4, 0.5) is 13.2 Å². The summed E-state index contributed by atoms with van der Waals surface area (Å²) in [5, 5.41) is 1.63. The third-order valence-electron chi connectivity index (χ3n) is 2.98.